The molecule has 222 valence electrons. The highest BCUT2D eigenvalue weighted by Crippen LogP contribution is 2.47. The number of alkyl halides is 6. The van der Waals surface area contributed by atoms with E-state index in [-0.39, 0.29) is 35.4 Å². The van der Waals surface area contributed by atoms with Crippen LogP contribution in [0.15, 0.2) is 48.5 Å². The molecule has 1 amide bonds. The Labute approximate surface area is 242 Å². The first-order chi connectivity index (χ1) is 19.5. The number of ether oxygens (including phenoxy) is 1. The number of nitriles is 1. The minimum atomic E-state index is -5.03. The second-order valence-corrected chi connectivity index (χ2v) is 11.3. The number of carbonyl (C=O) groups excluding carboxylic acids is 1. The number of amides is 1. The molecule has 1 fully saturated rings. The molecule has 4 rings (SSSR count). The summed E-state index contributed by atoms with van der Waals surface area (Å²) < 4.78 is 101. The normalized spacial score (nSPS) is 17.6. The van der Waals surface area contributed by atoms with Crippen molar-refractivity contribution in [1.29, 1.82) is 5.26 Å². The van der Waals surface area contributed by atoms with Crippen LogP contribution in [0.1, 0.15) is 65.3 Å². The van der Waals surface area contributed by atoms with Crippen molar-refractivity contribution in [2.75, 3.05) is 7.11 Å². The molecule has 3 aromatic carbocycles. The summed E-state index contributed by atoms with van der Waals surface area (Å²) in [5, 5.41) is 7.94. The molecular formula is C30H25F7N2O2S. The van der Waals surface area contributed by atoms with E-state index in [2.05, 4.69) is 0 Å². The summed E-state index contributed by atoms with van der Waals surface area (Å²) in [6.45, 7) is 5.05. The molecule has 1 aliphatic rings. The van der Waals surface area contributed by atoms with Gasteiger partial charge >= 0.3 is 12.4 Å². The van der Waals surface area contributed by atoms with Gasteiger partial charge in [0.15, 0.2) is 0 Å². The molecule has 0 N–H and O–H groups in total. The van der Waals surface area contributed by atoms with E-state index >= 15 is 0 Å². The molecule has 2 atom stereocenters. The fourth-order valence-electron chi connectivity index (χ4n) is 4.94. The van der Waals surface area contributed by atoms with Crippen molar-refractivity contribution < 1.29 is 40.3 Å². The summed E-state index contributed by atoms with van der Waals surface area (Å²) in [6.07, 6.45) is -10.1. The molecule has 1 heterocycles. The molecule has 0 aromatic heterocycles. The fourth-order valence-corrected chi connectivity index (χ4v) is 6.14. The van der Waals surface area contributed by atoms with Crippen molar-refractivity contribution in [3.8, 4) is 22.9 Å². The zero-order chi connectivity index (χ0) is 31.1. The van der Waals surface area contributed by atoms with Crippen LogP contribution in [0.5, 0.6) is 5.75 Å². The lowest BCUT2D eigenvalue weighted by molar-refractivity contribution is -0.143. The average molecular weight is 611 g/mol. The largest absolute Gasteiger partial charge is 0.496 e. The third-order valence-corrected chi connectivity index (χ3v) is 8.49. The van der Waals surface area contributed by atoms with E-state index in [1.807, 2.05) is 19.9 Å². The highest BCUT2D eigenvalue weighted by Gasteiger charge is 2.42. The second kappa shape index (κ2) is 11.5. The van der Waals surface area contributed by atoms with Crippen LogP contribution in [-0.2, 0) is 18.9 Å². The van der Waals surface area contributed by atoms with E-state index in [4.69, 9.17) is 4.74 Å². The molecule has 2 unspecified atom stereocenters. The van der Waals surface area contributed by atoms with Crippen molar-refractivity contribution in [2.45, 2.75) is 56.9 Å². The smallest absolute Gasteiger partial charge is 0.416 e. The highest BCUT2D eigenvalue weighted by molar-refractivity contribution is 8.14. The van der Waals surface area contributed by atoms with Crippen LogP contribution in [0.2, 0.25) is 0 Å². The average Bonchev–Trinajstić information content (AvgIpc) is 3.20. The minimum Gasteiger partial charge on any atom is -0.496 e. The van der Waals surface area contributed by atoms with Crippen LogP contribution in [-0.4, -0.2) is 23.3 Å². The first kappa shape index (κ1) is 31.2. The van der Waals surface area contributed by atoms with Crippen molar-refractivity contribution in [3.63, 3.8) is 0 Å². The molecule has 12 heteroatoms. The Hall–Kier alpha value is -3.72. The van der Waals surface area contributed by atoms with Gasteiger partial charge in [0.05, 0.1) is 35.1 Å². The number of nitrogens with zero attached hydrogens (tertiary/aromatic N) is 2. The Bertz CT molecular complexity index is 1530. The Balaban J connectivity index is 1.78. The van der Waals surface area contributed by atoms with Crippen LogP contribution < -0.4 is 4.74 Å². The second-order valence-electron chi connectivity index (χ2n) is 10.2. The molecule has 3 aromatic rings. The number of halogens is 7. The summed E-state index contributed by atoms with van der Waals surface area (Å²) in [6, 6.07) is 10.1. The maximum absolute atomic E-state index is 14.7. The molecule has 0 aliphatic carbocycles. The van der Waals surface area contributed by atoms with Gasteiger partial charge in [0.2, 0.25) is 0 Å². The standard InChI is InChI=1S/C30H25F7N2O2S/c1-15(2)23-11-24(26(41-4)12-25(23)31)22-6-5-17(13-38)7-19(22)14-39-16(3)27(42-28(39)40)18-8-20(29(32,33)34)10-21(9-18)30(35,36)37/h5-12,15-16,27H,14H2,1-4H3. The van der Waals surface area contributed by atoms with Crippen molar-refractivity contribution in [2.24, 2.45) is 0 Å². The van der Waals surface area contributed by atoms with Crippen molar-refractivity contribution in [3.05, 3.63) is 87.7 Å². The Morgan fingerprint density at radius 2 is 1.60 bits per heavy atom. The number of hydrogen-bond donors (Lipinski definition) is 0. The van der Waals surface area contributed by atoms with Gasteiger partial charge in [0, 0.05) is 24.2 Å². The molecule has 1 aliphatic heterocycles. The topological polar surface area (TPSA) is 53.3 Å². The highest BCUT2D eigenvalue weighted by atomic mass is 32.2. The van der Waals surface area contributed by atoms with Crippen LogP contribution in [0, 0.1) is 17.1 Å². The van der Waals surface area contributed by atoms with Gasteiger partial charge in [0.1, 0.15) is 11.6 Å². The van der Waals surface area contributed by atoms with Gasteiger partial charge in [-0.3, -0.25) is 4.79 Å². The first-order valence-corrected chi connectivity index (χ1v) is 13.6. The van der Waals surface area contributed by atoms with E-state index in [1.54, 1.807) is 25.1 Å². The van der Waals surface area contributed by atoms with Gasteiger partial charge in [-0.05, 0) is 71.5 Å². The molecule has 0 radical (unpaired) electrons. The van der Waals surface area contributed by atoms with E-state index in [1.165, 1.54) is 24.1 Å². The minimum absolute atomic E-state index is 0.0501. The predicted molar refractivity (Wildman–Crippen MR) is 144 cm³/mol. The molecule has 4 nitrogen and oxygen atoms in total. The maximum atomic E-state index is 14.7. The Morgan fingerprint density at radius 1 is 0.976 bits per heavy atom. The summed E-state index contributed by atoms with van der Waals surface area (Å²) in [4.78, 5) is 14.5. The molecule has 1 saturated heterocycles. The van der Waals surface area contributed by atoms with Crippen LogP contribution >= 0.6 is 11.8 Å². The first-order valence-electron chi connectivity index (χ1n) is 12.7. The molecule has 0 spiro atoms. The maximum Gasteiger partial charge on any atom is 0.416 e. The third kappa shape index (κ3) is 6.21. The van der Waals surface area contributed by atoms with E-state index in [0.717, 1.165) is 0 Å². The van der Waals surface area contributed by atoms with Gasteiger partial charge in [-0.15, -0.1) is 0 Å². The summed E-state index contributed by atoms with van der Waals surface area (Å²) in [5.74, 6) is -0.440. The molecule has 0 saturated carbocycles. The van der Waals surface area contributed by atoms with Gasteiger partial charge in [-0.2, -0.15) is 31.6 Å². The lowest BCUT2D eigenvalue weighted by atomic mass is 9.92. The van der Waals surface area contributed by atoms with E-state index < -0.39 is 45.8 Å². The number of methoxy groups -OCH3 is 1. The van der Waals surface area contributed by atoms with Gasteiger partial charge in [0.25, 0.3) is 5.24 Å². The summed E-state index contributed by atoms with van der Waals surface area (Å²) in [7, 11) is 1.37. The number of rotatable bonds is 6. The fraction of sp³-hybridized carbons (Fsp3) is 0.333. The number of benzene rings is 3. The Morgan fingerprint density at radius 3 is 2.12 bits per heavy atom. The van der Waals surface area contributed by atoms with E-state index in [0.29, 0.717) is 46.1 Å². The molecule has 42 heavy (non-hydrogen) atoms. The molecule has 0 bridgehead atoms. The zero-order valence-electron chi connectivity index (χ0n) is 22.8. The van der Waals surface area contributed by atoms with Crippen molar-refractivity contribution in [1.82, 2.24) is 4.90 Å². The van der Waals surface area contributed by atoms with Crippen molar-refractivity contribution >= 4 is 17.0 Å². The van der Waals surface area contributed by atoms with E-state index in [9.17, 15) is 40.8 Å². The predicted octanol–water partition coefficient (Wildman–Crippen LogP) is 9.33. The number of thioether (sulfide) groups is 1. The Kier molecular flexibility index (Phi) is 8.56. The third-order valence-electron chi connectivity index (χ3n) is 7.14. The van der Waals surface area contributed by atoms with Crippen LogP contribution in [0.4, 0.5) is 35.5 Å². The number of carbonyl (C=O) groups is 1. The quantitative estimate of drug-likeness (QED) is 0.261. The van der Waals surface area contributed by atoms with Crippen LogP contribution in [0.3, 0.4) is 0 Å². The zero-order valence-corrected chi connectivity index (χ0v) is 23.6. The van der Waals surface area contributed by atoms with Gasteiger partial charge < -0.3 is 9.64 Å². The summed E-state index contributed by atoms with van der Waals surface area (Å²) in [5.41, 5.74) is -1.03. The lowest BCUT2D eigenvalue weighted by Gasteiger charge is -2.26. The summed E-state index contributed by atoms with van der Waals surface area (Å²) >= 11 is 0.633. The van der Waals surface area contributed by atoms with Gasteiger partial charge in [-0.1, -0.05) is 31.7 Å². The van der Waals surface area contributed by atoms with Gasteiger partial charge in [-0.25, -0.2) is 4.39 Å². The lowest BCUT2D eigenvalue weighted by Crippen LogP contribution is -2.31. The monoisotopic (exact) mass is 610 g/mol. The molecular weight excluding hydrogens is 585 g/mol. The number of hydrogen-bond acceptors (Lipinski definition) is 4. The SMILES string of the molecule is COc1cc(F)c(C(C)C)cc1-c1ccc(C#N)cc1CN1C(=O)SC(c2cc(C(F)(F)F)cc(C(F)(F)F)c2)C1C. The van der Waals surface area contributed by atoms with Crippen LogP contribution in [0.25, 0.3) is 11.1 Å².